The lowest BCUT2D eigenvalue weighted by molar-refractivity contribution is 0.579. The topological polar surface area (TPSA) is 0 Å². The van der Waals surface area contributed by atoms with Gasteiger partial charge in [-0.3, -0.25) is 0 Å². The van der Waals surface area contributed by atoms with E-state index in [4.69, 9.17) is 11.6 Å². The Hall–Kier alpha value is -0.930. The summed E-state index contributed by atoms with van der Waals surface area (Å²) in [7, 11) is 0. The minimum absolute atomic E-state index is 0.809. The van der Waals surface area contributed by atoms with Gasteiger partial charge >= 0.3 is 0 Å². The van der Waals surface area contributed by atoms with E-state index in [1.54, 1.807) is 0 Å². The fraction of sp³-hybridized carbons (Fsp3) is 0.579. The van der Waals surface area contributed by atoms with Crippen LogP contribution in [0.3, 0.4) is 0 Å². The molecule has 0 radical (unpaired) electrons. The van der Waals surface area contributed by atoms with Crippen molar-refractivity contribution in [3.63, 3.8) is 0 Å². The summed E-state index contributed by atoms with van der Waals surface area (Å²) < 4.78 is 0. The van der Waals surface area contributed by atoms with E-state index in [1.807, 2.05) is 25.1 Å². The van der Waals surface area contributed by atoms with E-state index in [-0.39, 0.29) is 0 Å². The van der Waals surface area contributed by atoms with E-state index in [2.05, 4.69) is 18.8 Å². The third-order valence-corrected chi connectivity index (χ3v) is 3.97. The van der Waals surface area contributed by atoms with Crippen LogP contribution in [-0.4, -0.2) is 0 Å². The second-order valence-electron chi connectivity index (χ2n) is 5.49. The number of aryl methyl sites for hydroxylation is 1. The zero-order valence-electron chi connectivity index (χ0n) is 13.0. The van der Waals surface area contributed by atoms with Gasteiger partial charge in [0.1, 0.15) is 0 Å². The molecule has 0 saturated heterocycles. The fourth-order valence-electron chi connectivity index (χ4n) is 2.18. The molecule has 0 nitrogen and oxygen atoms in total. The summed E-state index contributed by atoms with van der Waals surface area (Å²) in [6.45, 7) is 4.28. The molecule has 1 heteroatoms. The molecule has 20 heavy (non-hydrogen) atoms. The number of hydrogen-bond donors (Lipinski definition) is 0. The van der Waals surface area contributed by atoms with Crippen LogP contribution in [0.2, 0.25) is 5.02 Å². The molecule has 0 saturated carbocycles. The zero-order valence-corrected chi connectivity index (χ0v) is 13.7. The van der Waals surface area contributed by atoms with E-state index in [9.17, 15) is 0 Å². The maximum absolute atomic E-state index is 6.08. The van der Waals surface area contributed by atoms with Crippen LogP contribution in [0.1, 0.15) is 75.8 Å². The van der Waals surface area contributed by atoms with Crippen molar-refractivity contribution in [3.05, 3.63) is 34.3 Å². The van der Waals surface area contributed by atoms with Crippen molar-refractivity contribution in [2.45, 2.75) is 71.6 Å². The summed E-state index contributed by atoms with van der Waals surface area (Å²) in [5.74, 6) is 6.45. The van der Waals surface area contributed by atoms with Crippen molar-refractivity contribution in [2.24, 2.45) is 0 Å². The van der Waals surface area contributed by atoms with Crippen LogP contribution in [0, 0.1) is 18.8 Å². The zero-order chi connectivity index (χ0) is 14.6. The van der Waals surface area contributed by atoms with Crippen LogP contribution in [0.25, 0.3) is 0 Å². The Bertz CT molecular complexity index is 437. The Morgan fingerprint density at radius 3 is 2.25 bits per heavy atom. The lowest BCUT2D eigenvalue weighted by Gasteiger charge is -1.99. The third-order valence-electron chi connectivity index (χ3n) is 3.56. The highest BCUT2D eigenvalue weighted by molar-refractivity contribution is 6.31. The molecule has 0 fully saturated rings. The van der Waals surface area contributed by atoms with Gasteiger partial charge in [-0.25, -0.2) is 0 Å². The van der Waals surface area contributed by atoms with Crippen molar-refractivity contribution >= 4 is 11.6 Å². The minimum atomic E-state index is 0.809. The molecule has 0 aromatic heterocycles. The molecule has 1 aromatic carbocycles. The standard InChI is InChI=1S/C19H27Cl/c1-3-4-5-6-7-8-9-10-11-12-13-18-15-14-17(2)19(20)16-18/h14-16H,3-11H2,1-2H3. The molecule has 0 aliphatic heterocycles. The Kier molecular flexibility index (Phi) is 9.25. The number of unbranched alkanes of at least 4 members (excludes halogenated alkanes) is 8. The summed E-state index contributed by atoms with van der Waals surface area (Å²) in [6.07, 6.45) is 11.8. The second-order valence-corrected chi connectivity index (χ2v) is 5.90. The first-order chi connectivity index (χ1) is 9.74. The minimum Gasteiger partial charge on any atom is -0.0979 e. The van der Waals surface area contributed by atoms with Crippen LogP contribution in [0.15, 0.2) is 18.2 Å². The average Bonchev–Trinajstić information content (AvgIpc) is 2.45. The molecule has 0 aliphatic rings. The molecule has 0 unspecified atom stereocenters. The summed E-state index contributed by atoms with van der Waals surface area (Å²) in [6, 6.07) is 6.03. The van der Waals surface area contributed by atoms with E-state index in [0.717, 1.165) is 22.6 Å². The SMILES string of the molecule is CCCCCCCCCCC#Cc1ccc(C)c(Cl)c1. The molecule has 0 N–H and O–H groups in total. The van der Waals surface area contributed by atoms with Crippen molar-refractivity contribution < 1.29 is 0 Å². The molecule has 0 heterocycles. The lowest BCUT2D eigenvalue weighted by atomic mass is 10.1. The Morgan fingerprint density at radius 1 is 0.950 bits per heavy atom. The first-order valence-corrected chi connectivity index (χ1v) is 8.37. The Labute approximate surface area is 129 Å². The number of hydrogen-bond acceptors (Lipinski definition) is 0. The fourth-order valence-corrected chi connectivity index (χ4v) is 2.36. The predicted octanol–water partition coefficient (Wildman–Crippen LogP) is 6.53. The molecule has 0 atom stereocenters. The summed E-state index contributed by atoms with van der Waals surface area (Å²) in [5.41, 5.74) is 2.14. The quantitative estimate of drug-likeness (QED) is 0.377. The summed E-state index contributed by atoms with van der Waals surface area (Å²) in [5, 5.41) is 0.809. The van der Waals surface area contributed by atoms with Crippen LogP contribution in [0.5, 0.6) is 0 Å². The molecular weight excluding hydrogens is 264 g/mol. The highest BCUT2D eigenvalue weighted by Crippen LogP contribution is 2.16. The molecule has 0 amide bonds. The van der Waals surface area contributed by atoms with Gasteiger partial charge in [0, 0.05) is 17.0 Å². The smallest absolute Gasteiger partial charge is 0.0447 e. The van der Waals surface area contributed by atoms with Crippen LogP contribution < -0.4 is 0 Å². The largest absolute Gasteiger partial charge is 0.0979 e. The predicted molar refractivity (Wildman–Crippen MR) is 90.3 cm³/mol. The van der Waals surface area contributed by atoms with Crippen LogP contribution >= 0.6 is 11.6 Å². The first kappa shape index (κ1) is 17.1. The van der Waals surface area contributed by atoms with Gasteiger partial charge in [-0.2, -0.15) is 0 Å². The molecular formula is C19H27Cl. The van der Waals surface area contributed by atoms with Gasteiger partial charge in [0.2, 0.25) is 0 Å². The van der Waals surface area contributed by atoms with Crippen LogP contribution in [-0.2, 0) is 0 Å². The molecule has 0 spiro atoms. The first-order valence-electron chi connectivity index (χ1n) is 7.99. The van der Waals surface area contributed by atoms with E-state index >= 15 is 0 Å². The Balaban J connectivity index is 2.09. The molecule has 0 bridgehead atoms. The molecule has 1 rings (SSSR count). The highest BCUT2D eigenvalue weighted by atomic mass is 35.5. The van der Waals surface area contributed by atoms with Crippen molar-refractivity contribution in [1.29, 1.82) is 0 Å². The summed E-state index contributed by atoms with van der Waals surface area (Å²) in [4.78, 5) is 0. The van der Waals surface area contributed by atoms with E-state index in [1.165, 1.54) is 51.4 Å². The summed E-state index contributed by atoms with van der Waals surface area (Å²) >= 11 is 6.08. The van der Waals surface area contributed by atoms with Gasteiger partial charge in [-0.15, -0.1) is 0 Å². The van der Waals surface area contributed by atoms with Crippen molar-refractivity contribution in [3.8, 4) is 11.8 Å². The van der Waals surface area contributed by atoms with Gasteiger partial charge < -0.3 is 0 Å². The lowest BCUT2D eigenvalue weighted by Crippen LogP contribution is -1.81. The average molecular weight is 291 g/mol. The number of benzene rings is 1. The highest BCUT2D eigenvalue weighted by Gasteiger charge is 1.94. The molecule has 110 valence electrons. The maximum atomic E-state index is 6.08. The van der Waals surface area contributed by atoms with Gasteiger partial charge in [0.15, 0.2) is 0 Å². The van der Waals surface area contributed by atoms with E-state index in [0.29, 0.717) is 0 Å². The monoisotopic (exact) mass is 290 g/mol. The van der Waals surface area contributed by atoms with Gasteiger partial charge in [-0.1, -0.05) is 81.4 Å². The number of halogens is 1. The normalized spacial score (nSPS) is 10.2. The van der Waals surface area contributed by atoms with Gasteiger partial charge in [0.25, 0.3) is 0 Å². The molecule has 1 aromatic rings. The molecule has 0 aliphatic carbocycles. The van der Waals surface area contributed by atoms with Gasteiger partial charge in [-0.05, 0) is 31.0 Å². The third kappa shape index (κ3) is 7.61. The van der Waals surface area contributed by atoms with Crippen molar-refractivity contribution in [2.75, 3.05) is 0 Å². The second kappa shape index (κ2) is 10.8. The van der Waals surface area contributed by atoms with E-state index < -0.39 is 0 Å². The van der Waals surface area contributed by atoms with Gasteiger partial charge in [0.05, 0.1) is 0 Å². The number of rotatable bonds is 8. The Morgan fingerprint density at radius 2 is 1.60 bits per heavy atom. The van der Waals surface area contributed by atoms with Crippen LogP contribution in [0.4, 0.5) is 0 Å². The maximum Gasteiger partial charge on any atom is 0.0447 e. The van der Waals surface area contributed by atoms with Crippen molar-refractivity contribution in [1.82, 2.24) is 0 Å².